The van der Waals surface area contributed by atoms with Gasteiger partial charge in [-0.25, -0.2) is 4.98 Å². The van der Waals surface area contributed by atoms with Crippen LogP contribution in [0.15, 0.2) is 23.6 Å². The Morgan fingerprint density at radius 2 is 2.00 bits per heavy atom. The highest BCUT2D eigenvalue weighted by atomic mass is 32.1. The number of hydrogen-bond acceptors (Lipinski definition) is 7. The lowest BCUT2D eigenvalue weighted by Gasteiger charge is -2.25. The number of nitrogens with zero attached hydrogens (tertiary/aromatic N) is 3. The molecule has 0 N–H and O–H groups in total. The van der Waals surface area contributed by atoms with E-state index in [0.29, 0.717) is 24.5 Å². The van der Waals surface area contributed by atoms with E-state index < -0.39 is 0 Å². The van der Waals surface area contributed by atoms with E-state index in [1.165, 1.54) is 0 Å². The summed E-state index contributed by atoms with van der Waals surface area (Å²) < 4.78 is 15.9. The van der Waals surface area contributed by atoms with Gasteiger partial charge in [0.25, 0.3) is 0 Å². The number of morpholine rings is 1. The van der Waals surface area contributed by atoms with Crippen molar-refractivity contribution in [2.75, 3.05) is 47.6 Å². The van der Waals surface area contributed by atoms with Crippen molar-refractivity contribution >= 4 is 17.2 Å². The van der Waals surface area contributed by atoms with Crippen LogP contribution in [0.1, 0.15) is 16.3 Å². The Morgan fingerprint density at radius 3 is 2.71 bits per heavy atom. The molecule has 0 saturated carbocycles. The van der Waals surface area contributed by atoms with Crippen molar-refractivity contribution in [3.05, 3.63) is 39.8 Å². The number of ether oxygens (including phenoxy) is 3. The summed E-state index contributed by atoms with van der Waals surface area (Å²) in [5.41, 5.74) is 1.82. The highest BCUT2D eigenvalue weighted by molar-refractivity contribution is 7.09. The molecule has 3 rings (SSSR count). The topological polar surface area (TPSA) is 64.1 Å². The van der Waals surface area contributed by atoms with E-state index in [2.05, 4.69) is 9.88 Å². The van der Waals surface area contributed by atoms with Gasteiger partial charge in [-0.1, -0.05) is 6.07 Å². The first kappa shape index (κ1) is 20.6. The quantitative estimate of drug-likeness (QED) is 0.671. The van der Waals surface area contributed by atoms with Crippen LogP contribution in [0.2, 0.25) is 0 Å². The number of aromatic nitrogens is 1. The van der Waals surface area contributed by atoms with Gasteiger partial charge in [-0.05, 0) is 17.7 Å². The average Bonchev–Trinajstić information content (AvgIpc) is 3.15. The zero-order valence-electron chi connectivity index (χ0n) is 16.6. The lowest BCUT2D eigenvalue weighted by molar-refractivity contribution is -0.129. The fourth-order valence-electron chi connectivity index (χ4n) is 3.08. The molecule has 0 bridgehead atoms. The number of amides is 1. The van der Waals surface area contributed by atoms with E-state index in [1.807, 2.05) is 30.6 Å². The molecule has 8 heteroatoms. The molecule has 0 aliphatic carbocycles. The Bertz CT molecular complexity index is 790. The van der Waals surface area contributed by atoms with Crippen LogP contribution in [0.3, 0.4) is 0 Å². The number of likely N-dealkylation sites (N-methyl/N-ethyl adjacent to an activating group) is 1. The van der Waals surface area contributed by atoms with Gasteiger partial charge in [0, 0.05) is 25.5 Å². The van der Waals surface area contributed by atoms with Gasteiger partial charge in [0.15, 0.2) is 11.5 Å². The molecular formula is C20H27N3O4S. The molecule has 2 aromatic rings. The second kappa shape index (κ2) is 9.86. The van der Waals surface area contributed by atoms with E-state index in [9.17, 15) is 4.79 Å². The largest absolute Gasteiger partial charge is 0.493 e. The fraction of sp³-hybridized carbons (Fsp3) is 0.500. The number of hydrogen-bond donors (Lipinski definition) is 0. The second-order valence-electron chi connectivity index (χ2n) is 6.74. The molecule has 0 spiro atoms. The van der Waals surface area contributed by atoms with Crippen molar-refractivity contribution < 1.29 is 19.0 Å². The van der Waals surface area contributed by atoms with Crippen LogP contribution in [0.5, 0.6) is 11.5 Å². The summed E-state index contributed by atoms with van der Waals surface area (Å²) in [7, 11) is 4.99. The van der Waals surface area contributed by atoms with Crippen LogP contribution in [0.25, 0.3) is 0 Å². The predicted octanol–water partition coefficient (Wildman–Crippen LogP) is 2.19. The van der Waals surface area contributed by atoms with E-state index in [1.54, 1.807) is 30.5 Å². The third-order valence-electron chi connectivity index (χ3n) is 4.69. The summed E-state index contributed by atoms with van der Waals surface area (Å²) in [6, 6.07) is 5.55. The van der Waals surface area contributed by atoms with Crippen molar-refractivity contribution in [1.82, 2.24) is 14.8 Å². The van der Waals surface area contributed by atoms with E-state index >= 15 is 0 Å². The van der Waals surface area contributed by atoms with Crippen molar-refractivity contribution in [3.63, 3.8) is 0 Å². The highest BCUT2D eigenvalue weighted by Gasteiger charge is 2.16. The lowest BCUT2D eigenvalue weighted by atomic mass is 10.1. The molecule has 1 saturated heterocycles. The second-order valence-corrected chi connectivity index (χ2v) is 7.68. The molecule has 1 aliphatic rings. The predicted molar refractivity (Wildman–Crippen MR) is 108 cm³/mol. The Hall–Kier alpha value is -2.16. The first-order valence-electron chi connectivity index (χ1n) is 9.27. The zero-order chi connectivity index (χ0) is 19.9. The first-order chi connectivity index (χ1) is 13.6. The minimum absolute atomic E-state index is 0.0370. The van der Waals surface area contributed by atoms with E-state index in [4.69, 9.17) is 14.2 Å². The first-order valence-corrected chi connectivity index (χ1v) is 10.1. The molecular weight excluding hydrogens is 378 g/mol. The van der Waals surface area contributed by atoms with Crippen molar-refractivity contribution in [1.29, 1.82) is 0 Å². The number of carbonyl (C=O) groups is 1. The normalized spacial score (nSPS) is 14.7. The van der Waals surface area contributed by atoms with Crippen LogP contribution < -0.4 is 9.47 Å². The van der Waals surface area contributed by atoms with Gasteiger partial charge in [0.2, 0.25) is 5.91 Å². The number of carbonyl (C=O) groups excluding carboxylic acids is 1. The lowest BCUT2D eigenvalue weighted by Crippen LogP contribution is -2.35. The standard InChI is InChI=1S/C20H27N3O4S/c1-22(20(24)11-15-4-5-17(25-2)18(10-15)26-3)12-16-14-28-19(21-16)13-23-6-8-27-9-7-23/h4-5,10,14H,6-9,11-13H2,1-3H3. The Kier molecular flexibility index (Phi) is 7.24. The van der Waals surface area contributed by atoms with Crippen LogP contribution in [-0.2, 0) is 29.0 Å². The monoisotopic (exact) mass is 405 g/mol. The highest BCUT2D eigenvalue weighted by Crippen LogP contribution is 2.27. The molecule has 7 nitrogen and oxygen atoms in total. The molecule has 28 heavy (non-hydrogen) atoms. The maximum absolute atomic E-state index is 12.6. The van der Waals surface area contributed by atoms with Crippen LogP contribution in [0.4, 0.5) is 0 Å². The number of thiazole rings is 1. The van der Waals surface area contributed by atoms with Crippen molar-refractivity contribution in [2.45, 2.75) is 19.5 Å². The summed E-state index contributed by atoms with van der Waals surface area (Å²) >= 11 is 1.65. The number of rotatable bonds is 8. The minimum Gasteiger partial charge on any atom is -0.493 e. The third kappa shape index (κ3) is 5.43. The molecule has 2 heterocycles. The summed E-state index contributed by atoms with van der Waals surface area (Å²) in [5, 5.41) is 3.12. The number of benzene rings is 1. The molecule has 1 aliphatic heterocycles. The van der Waals surface area contributed by atoms with Crippen LogP contribution in [-0.4, -0.2) is 68.3 Å². The van der Waals surface area contributed by atoms with Gasteiger partial charge in [-0.3, -0.25) is 9.69 Å². The van der Waals surface area contributed by atoms with Crippen molar-refractivity contribution in [2.24, 2.45) is 0 Å². The van der Waals surface area contributed by atoms with Gasteiger partial charge in [-0.15, -0.1) is 11.3 Å². The minimum atomic E-state index is 0.0370. The van der Waals surface area contributed by atoms with E-state index in [-0.39, 0.29) is 5.91 Å². The van der Waals surface area contributed by atoms with Gasteiger partial charge < -0.3 is 19.1 Å². The van der Waals surface area contributed by atoms with Gasteiger partial charge in [0.1, 0.15) is 5.01 Å². The Morgan fingerprint density at radius 1 is 1.25 bits per heavy atom. The maximum atomic E-state index is 12.6. The summed E-state index contributed by atoms with van der Waals surface area (Å²) in [6.07, 6.45) is 0.307. The SMILES string of the molecule is COc1ccc(CC(=O)N(C)Cc2csc(CN3CCOCC3)n2)cc1OC. The molecule has 0 radical (unpaired) electrons. The number of methoxy groups -OCH3 is 2. The van der Waals surface area contributed by atoms with Crippen molar-refractivity contribution in [3.8, 4) is 11.5 Å². The van der Waals surface area contributed by atoms with Crippen LogP contribution in [0, 0.1) is 0 Å². The molecule has 0 unspecified atom stereocenters. The maximum Gasteiger partial charge on any atom is 0.227 e. The molecule has 1 amide bonds. The summed E-state index contributed by atoms with van der Waals surface area (Å²) in [6.45, 7) is 4.80. The van der Waals surface area contributed by atoms with Gasteiger partial charge >= 0.3 is 0 Å². The molecule has 1 aromatic heterocycles. The molecule has 1 aromatic carbocycles. The molecule has 1 fully saturated rings. The molecule has 0 atom stereocenters. The van der Waals surface area contributed by atoms with Gasteiger partial charge in [-0.2, -0.15) is 0 Å². The van der Waals surface area contributed by atoms with E-state index in [0.717, 1.165) is 49.1 Å². The molecule has 152 valence electrons. The van der Waals surface area contributed by atoms with Gasteiger partial charge in [0.05, 0.1) is 52.6 Å². The third-order valence-corrected chi connectivity index (χ3v) is 5.57. The zero-order valence-corrected chi connectivity index (χ0v) is 17.5. The average molecular weight is 406 g/mol. The smallest absolute Gasteiger partial charge is 0.227 e. The fourth-order valence-corrected chi connectivity index (χ4v) is 3.90. The van der Waals surface area contributed by atoms with Crippen LogP contribution >= 0.6 is 11.3 Å². The summed E-state index contributed by atoms with van der Waals surface area (Å²) in [4.78, 5) is 21.3. The Balaban J connectivity index is 1.54. The summed E-state index contributed by atoms with van der Waals surface area (Å²) in [5.74, 6) is 1.32. The Labute approximate surface area is 169 Å².